The van der Waals surface area contributed by atoms with Gasteiger partial charge in [0.1, 0.15) is 5.82 Å². The minimum absolute atomic E-state index is 0.0736. The fourth-order valence-electron chi connectivity index (χ4n) is 5.49. The van der Waals surface area contributed by atoms with Crippen LogP contribution in [-0.4, -0.2) is 73.2 Å². The zero-order valence-corrected chi connectivity index (χ0v) is 18.6. The fourth-order valence-corrected chi connectivity index (χ4v) is 5.49. The molecule has 2 amide bonds. The highest BCUT2D eigenvalue weighted by Gasteiger charge is 2.48. The van der Waals surface area contributed by atoms with Crippen molar-refractivity contribution in [2.45, 2.75) is 62.5 Å². The van der Waals surface area contributed by atoms with E-state index in [1.54, 1.807) is 13.0 Å². The lowest BCUT2D eigenvalue weighted by Crippen LogP contribution is -2.57. The van der Waals surface area contributed by atoms with E-state index in [4.69, 9.17) is 9.47 Å². The molecule has 0 bridgehead atoms. The first-order chi connectivity index (χ1) is 14.9. The molecule has 1 atom stereocenters. The molecule has 4 rings (SSSR count). The van der Waals surface area contributed by atoms with Crippen molar-refractivity contribution in [1.82, 2.24) is 9.80 Å². The van der Waals surface area contributed by atoms with Crippen LogP contribution in [0.25, 0.3) is 0 Å². The number of nitrogens with zero attached hydrogens (tertiary/aromatic N) is 2. The van der Waals surface area contributed by atoms with Crippen molar-refractivity contribution in [3.05, 3.63) is 35.6 Å². The smallest absolute Gasteiger partial charge is 0.233 e. The van der Waals surface area contributed by atoms with Crippen LogP contribution in [-0.2, 0) is 24.5 Å². The standard InChI is InChI=1S/C24H33FN2O4/c1-18(28)26(2)21-6-13-31-23(17-21)7-11-27(12-8-23)22(29)24(9-14-30-15-10-24)19-4-3-5-20(25)16-19/h3-5,16,21H,6-15,17H2,1-2H3. The number of amides is 2. The Hall–Kier alpha value is -1.99. The molecule has 31 heavy (non-hydrogen) atoms. The molecule has 1 aromatic rings. The normalized spacial score (nSPS) is 25.3. The maximum Gasteiger partial charge on any atom is 0.233 e. The second-order valence-corrected chi connectivity index (χ2v) is 9.31. The van der Waals surface area contributed by atoms with Crippen molar-refractivity contribution in [3.8, 4) is 0 Å². The molecule has 0 radical (unpaired) electrons. The number of hydrogen-bond acceptors (Lipinski definition) is 4. The van der Waals surface area contributed by atoms with E-state index in [2.05, 4.69) is 0 Å². The van der Waals surface area contributed by atoms with Crippen LogP contribution in [0.15, 0.2) is 24.3 Å². The van der Waals surface area contributed by atoms with Gasteiger partial charge in [-0.25, -0.2) is 4.39 Å². The summed E-state index contributed by atoms with van der Waals surface area (Å²) in [5, 5.41) is 0. The fraction of sp³-hybridized carbons (Fsp3) is 0.667. The van der Waals surface area contributed by atoms with Crippen LogP contribution >= 0.6 is 0 Å². The number of carbonyl (C=O) groups is 2. The van der Waals surface area contributed by atoms with Gasteiger partial charge in [-0.2, -0.15) is 0 Å². The molecule has 6 nitrogen and oxygen atoms in total. The molecule has 0 saturated carbocycles. The Morgan fingerprint density at radius 3 is 2.48 bits per heavy atom. The van der Waals surface area contributed by atoms with Crippen molar-refractivity contribution in [2.75, 3.05) is 40.0 Å². The van der Waals surface area contributed by atoms with Gasteiger partial charge in [-0.3, -0.25) is 9.59 Å². The summed E-state index contributed by atoms with van der Waals surface area (Å²) in [4.78, 5) is 29.4. The van der Waals surface area contributed by atoms with E-state index in [9.17, 15) is 14.0 Å². The van der Waals surface area contributed by atoms with E-state index in [1.165, 1.54) is 12.1 Å². The summed E-state index contributed by atoms with van der Waals surface area (Å²) in [7, 11) is 1.86. The molecule has 1 spiro atoms. The third-order valence-electron chi connectivity index (χ3n) is 7.61. The van der Waals surface area contributed by atoms with Gasteiger partial charge in [-0.05, 0) is 56.2 Å². The number of hydrogen-bond donors (Lipinski definition) is 0. The van der Waals surface area contributed by atoms with Crippen molar-refractivity contribution < 1.29 is 23.5 Å². The molecule has 3 aliphatic heterocycles. The lowest BCUT2D eigenvalue weighted by atomic mass is 9.72. The highest BCUT2D eigenvalue weighted by Crippen LogP contribution is 2.41. The van der Waals surface area contributed by atoms with E-state index in [0.717, 1.165) is 31.2 Å². The summed E-state index contributed by atoms with van der Waals surface area (Å²) in [6.07, 6.45) is 4.32. The van der Waals surface area contributed by atoms with E-state index in [-0.39, 0.29) is 29.3 Å². The van der Waals surface area contributed by atoms with Crippen molar-refractivity contribution in [2.24, 2.45) is 0 Å². The Morgan fingerprint density at radius 2 is 1.84 bits per heavy atom. The van der Waals surface area contributed by atoms with Gasteiger partial charge in [0, 0.05) is 52.9 Å². The van der Waals surface area contributed by atoms with Crippen LogP contribution in [0, 0.1) is 5.82 Å². The van der Waals surface area contributed by atoms with Crippen LogP contribution in [0.2, 0.25) is 0 Å². The number of piperidine rings is 1. The van der Waals surface area contributed by atoms with Crippen molar-refractivity contribution >= 4 is 11.8 Å². The third kappa shape index (κ3) is 4.35. The number of likely N-dealkylation sites (tertiary alicyclic amines) is 1. The lowest BCUT2D eigenvalue weighted by molar-refractivity contribution is -0.157. The maximum absolute atomic E-state index is 14.0. The van der Waals surface area contributed by atoms with Crippen molar-refractivity contribution in [3.63, 3.8) is 0 Å². The van der Waals surface area contributed by atoms with Crippen molar-refractivity contribution in [1.29, 1.82) is 0 Å². The van der Waals surface area contributed by atoms with E-state index in [1.807, 2.05) is 22.9 Å². The predicted octanol–water partition coefficient (Wildman–Crippen LogP) is 2.89. The topological polar surface area (TPSA) is 59.1 Å². The summed E-state index contributed by atoms with van der Waals surface area (Å²) in [5.74, 6) is -0.166. The minimum atomic E-state index is -0.727. The number of ether oxygens (including phenoxy) is 2. The zero-order chi connectivity index (χ0) is 22.1. The number of benzene rings is 1. The van der Waals surface area contributed by atoms with E-state index in [0.29, 0.717) is 45.8 Å². The Morgan fingerprint density at radius 1 is 1.13 bits per heavy atom. The summed E-state index contributed by atoms with van der Waals surface area (Å²) < 4.78 is 25.8. The molecule has 7 heteroatoms. The predicted molar refractivity (Wildman–Crippen MR) is 114 cm³/mol. The first-order valence-corrected chi connectivity index (χ1v) is 11.4. The molecule has 1 unspecified atom stereocenters. The number of halogens is 1. The van der Waals surface area contributed by atoms with Gasteiger partial charge >= 0.3 is 0 Å². The molecule has 1 aromatic carbocycles. The van der Waals surface area contributed by atoms with Crippen LogP contribution < -0.4 is 0 Å². The Bertz CT molecular complexity index is 816. The van der Waals surface area contributed by atoms with Gasteiger partial charge in [0.05, 0.1) is 11.0 Å². The Balaban J connectivity index is 1.48. The summed E-state index contributed by atoms with van der Waals surface area (Å²) in [5.41, 5.74) is -0.251. The van der Waals surface area contributed by atoms with E-state index >= 15 is 0 Å². The zero-order valence-electron chi connectivity index (χ0n) is 18.6. The molecule has 3 fully saturated rings. The monoisotopic (exact) mass is 432 g/mol. The first-order valence-electron chi connectivity index (χ1n) is 11.4. The molecule has 170 valence electrons. The highest BCUT2D eigenvalue weighted by molar-refractivity contribution is 5.88. The quantitative estimate of drug-likeness (QED) is 0.737. The summed E-state index contributed by atoms with van der Waals surface area (Å²) >= 11 is 0. The number of carbonyl (C=O) groups excluding carboxylic acids is 2. The average molecular weight is 433 g/mol. The van der Waals surface area contributed by atoms with Crippen LogP contribution in [0.4, 0.5) is 4.39 Å². The molecule has 3 heterocycles. The van der Waals surface area contributed by atoms with Gasteiger partial charge in [-0.15, -0.1) is 0 Å². The molecule has 0 aliphatic carbocycles. The molecule has 3 saturated heterocycles. The van der Waals surface area contributed by atoms with Gasteiger partial charge < -0.3 is 19.3 Å². The van der Waals surface area contributed by atoms with Gasteiger partial charge in [0.15, 0.2) is 0 Å². The second kappa shape index (κ2) is 8.87. The van der Waals surface area contributed by atoms with Crippen LogP contribution in [0.1, 0.15) is 51.0 Å². The maximum atomic E-state index is 14.0. The average Bonchev–Trinajstić information content (AvgIpc) is 2.79. The SMILES string of the molecule is CC(=O)N(C)C1CCOC2(CCN(C(=O)C3(c4cccc(F)c4)CCOCC3)CC2)C1. The highest BCUT2D eigenvalue weighted by atomic mass is 19.1. The molecular formula is C24H33FN2O4. The molecule has 0 N–H and O–H groups in total. The van der Waals surface area contributed by atoms with Gasteiger partial charge in [0.25, 0.3) is 0 Å². The van der Waals surface area contributed by atoms with Crippen LogP contribution in [0.3, 0.4) is 0 Å². The molecular weight excluding hydrogens is 399 g/mol. The third-order valence-corrected chi connectivity index (χ3v) is 7.61. The largest absolute Gasteiger partial charge is 0.381 e. The van der Waals surface area contributed by atoms with Crippen LogP contribution in [0.5, 0.6) is 0 Å². The summed E-state index contributed by atoms with van der Waals surface area (Å²) in [6.45, 7) is 4.48. The second-order valence-electron chi connectivity index (χ2n) is 9.31. The van der Waals surface area contributed by atoms with Gasteiger partial charge in [0.2, 0.25) is 11.8 Å². The first kappa shape index (κ1) is 22.2. The number of rotatable bonds is 3. The molecule has 0 aromatic heterocycles. The minimum Gasteiger partial charge on any atom is -0.381 e. The summed E-state index contributed by atoms with van der Waals surface area (Å²) in [6, 6.07) is 6.65. The Labute approximate surface area is 183 Å². The Kier molecular flexibility index (Phi) is 6.35. The molecule has 3 aliphatic rings. The lowest BCUT2D eigenvalue weighted by Gasteiger charge is -2.49. The van der Waals surface area contributed by atoms with Gasteiger partial charge in [-0.1, -0.05) is 12.1 Å². The van der Waals surface area contributed by atoms with E-state index < -0.39 is 5.41 Å².